The number of aryl methyl sites for hydroxylation is 1. The molecule has 1 aliphatic rings. The molecular formula is C20H35N3. The lowest BCUT2D eigenvalue weighted by atomic mass is 9.99. The van der Waals surface area contributed by atoms with E-state index in [0.29, 0.717) is 0 Å². The summed E-state index contributed by atoms with van der Waals surface area (Å²) in [5.41, 5.74) is 4.46. The Morgan fingerprint density at radius 1 is 1.17 bits per heavy atom. The van der Waals surface area contributed by atoms with Crippen molar-refractivity contribution in [3.63, 3.8) is 0 Å². The van der Waals surface area contributed by atoms with E-state index in [0.717, 1.165) is 26.2 Å². The molecule has 1 aromatic rings. The Balaban J connectivity index is 1.78. The van der Waals surface area contributed by atoms with Gasteiger partial charge in [0.25, 0.3) is 0 Å². The predicted molar refractivity (Wildman–Crippen MR) is 101 cm³/mol. The highest BCUT2D eigenvalue weighted by Crippen LogP contribution is 2.28. The molecule has 3 heteroatoms. The van der Waals surface area contributed by atoms with E-state index in [9.17, 15) is 0 Å². The summed E-state index contributed by atoms with van der Waals surface area (Å²) in [6.45, 7) is 14.8. The Morgan fingerprint density at radius 2 is 2.00 bits per heavy atom. The highest BCUT2D eigenvalue weighted by molar-refractivity contribution is 5.56. The zero-order valence-electron chi connectivity index (χ0n) is 15.4. The molecule has 0 bridgehead atoms. The molecule has 0 saturated carbocycles. The molecule has 1 aromatic carbocycles. The third-order valence-electron chi connectivity index (χ3n) is 4.90. The first-order valence-corrected chi connectivity index (χ1v) is 9.58. The number of hydrogen-bond donors (Lipinski definition) is 1. The van der Waals surface area contributed by atoms with E-state index in [2.05, 4.69) is 54.1 Å². The molecule has 0 aliphatic carbocycles. The molecule has 2 rings (SSSR count). The first kappa shape index (κ1) is 18.3. The molecule has 0 amide bonds. The van der Waals surface area contributed by atoms with Crippen molar-refractivity contribution in [2.45, 2.75) is 53.0 Å². The van der Waals surface area contributed by atoms with E-state index in [1.807, 2.05) is 0 Å². The first-order chi connectivity index (χ1) is 11.3. The summed E-state index contributed by atoms with van der Waals surface area (Å²) in [5.74, 6) is 0. The maximum absolute atomic E-state index is 3.61. The van der Waals surface area contributed by atoms with Crippen molar-refractivity contribution < 1.29 is 0 Å². The Hall–Kier alpha value is -1.06. The van der Waals surface area contributed by atoms with Crippen LogP contribution in [0.5, 0.6) is 0 Å². The van der Waals surface area contributed by atoms with Gasteiger partial charge in [0.1, 0.15) is 0 Å². The van der Waals surface area contributed by atoms with Crippen molar-refractivity contribution in [2.24, 2.45) is 0 Å². The van der Waals surface area contributed by atoms with Crippen LogP contribution in [-0.2, 0) is 13.0 Å². The third kappa shape index (κ3) is 5.50. The number of benzene rings is 1. The molecule has 0 fully saturated rings. The van der Waals surface area contributed by atoms with Crippen LogP contribution in [0.2, 0.25) is 0 Å². The van der Waals surface area contributed by atoms with Gasteiger partial charge < -0.3 is 15.1 Å². The van der Waals surface area contributed by atoms with Gasteiger partial charge in [-0.05, 0) is 69.1 Å². The average Bonchev–Trinajstić information content (AvgIpc) is 2.58. The van der Waals surface area contributed by atoms with Crippen LogP contribution in [0, 0.1) is 0 Å². The number of nitrogens with zero attached hydrogens (tertiary/aromatic N) is 2. The molecule has 0 saturated heterocycles. The van der Waals surface area contributed by atoms with Crippen LogP contribution < -0.4 is 10.2 Å². The lowest BCUT2D eigenvalue weighted by molar-refractivity contribution is 0.298. The Morgan fingerprint density at radius 3 is 2.74 bits per heavy atom. The quantitative estimate of drug-likeness (QED) is 0.664. The van der Waals surface area contributed by atoms with Gasteiger partial charge in [0.05, 0.1) is 0 Å². The maximum atomic E-state index is 3.61. The average molecular weight is 318 g/mol. The van der Waals surface area contributed by atoms with Gasteiger partial charge in [-0.3, -0.25) is 0 Å². The molecule has 0 radical (unpaired) electrons. The Kier molecular flexibility index (Phi) is 7.90. The molecule has 1 heterocycles. The number of hydrogen-bond acceptors (Lipinski definition) is 3. The van der Waals surface area contributed by atoms with Crippen molar-refractivity contribution in [1.29, 1.82) is 0 Å². The van der Waals surface area contributed by atoms with Crippen molar-refractivity contribution in [1.82, 2.24) is 10.2 Å². The van der Waals surface area contributed by atoms with Gasteiger partial charge in [0.2, 0.25) is 0 Å². The summed E-state index contributed by atoms with van der Waals surface area (Å²) in [6.07, 6.45) is 5.01. The van der Waals surface area contributed by atoms with Gasteiger partial charge in [0, 0.05) is 25.3 Å². The van der Waals surface area contributed by atoms with E-state index >= 15 is 0 Å². The zero-order valence-corrected chi connectivity index (χ0v) is 15.4. The molecule has 1 N–H and O–H groups in total. The molecule has 0 atom stereocenters. The van der Waals surface area contributed by atoms with Crippen LogP contribution in [-0.4, -0.2) is 44.2 Å². The van der Waals surface area contributed by atoms with Gasteiger partial charge in [-0.1, -0.05) is 32.9 Å². The summed E-state index contributed by atoms with van der Waals surface area (Å²) >= 11 is 0. The van der Waals surface area contributed by atoms with Crippen LogP contribution in [0.4, 0.5) is 5.69 Å². The maximum Gasteiger partial charge on any atom is 0.0398 e. The molecule has 23 heavy (non-hydrogen) atoms. The van der Waals surface area contributed by atoms with Crippen LogP contribution in [0.15, 0.2) is 18.2 Å². The van der Waals surface area contributed by atoms with Crippen molar-refractivity contribution in [3.8, 4) is 0 Å². The van der Waals surface area contributed by atoms with Gasteiger partial charge in [-0.2, -0.15) is 0 Å². The minimum Gasteiger partial charge on any atom is -0.371 e. The van der Waals surface area contributed by atoms with Gasteiger partial charge in [0.15, 0.2) is 0 Å². The molecule has 130 valence electrons. The summed E-state index contributed by atoms with van der Waals surface area (Å²) in [5, 5.41) is 3.61. The molecule has 0 aromatic heterocycles. The minimum absolute atomic E-state index is 0.999. The Bertz CT molecular complexity index is 454. The standard InChI is InChI=1S/C20H35N3/c1-4-13-23-15-7-9-19-16-18(10-11-20(19)23)17-21-12-8-14-22(5-2)6-3/h10-11,16,21H,4-9,12-15,17H2,1-3H3. The van der Waals surface area contributed by atoms with Crippen molar-refractivity contribution in [3.05, 3.63) is 29.3 Å². The second kappa shape index (κ2) is 9.94. The van der Waals surface area contributed by atoms with E-state index < -0.39 is 0 Å². The summed E-state index contributed by atoms with van der Waals surface area (Å²) in [6, 6.07) is 7.08. The van der Waals surface area contributed by atoms with Crippen LogP contribution in [0.3, 0.4) is 0 Å². The highest BCUT2D eigenvalue weighted by Gasteiger charge is 2.16. The smallest absolute Gasteiger partial charge is 0.0398 e. The van der Waals surface area contributed by atoms with E-state index in [4.69, 9.17) is 0 Å². The van der Waals surface area contributed by atoms with Crippen molar-refractivity contribution in [2.75, 3.05) is 44.2 Å². The van der Waals surface area contributed by atoms with Gasteiger partial charge >= 0.3 is 0 Å². The summed E-state index contributed by atoms with van der Waals surface area (Å²) in [4.78, 5) is 5.04. The van der Waals surface area contributed by atoms with Crippen LogP contribution >= 0.6 is 0 Å². The van der Waals surface area contributed by atoms with Crippen LogP contribution in [0.25, 0.3) is 0 Å². The number of fused-ring (bicyclic) bond motifs is 1. The Labute approximate surface area is 143 Å². The second-order valence-electron chi connectivity index (χ2n) is 6.61. The fraction of sp³-hybridized carbons (Fsp3) is 0.700. The van der Waals surface area contributed by atoms with Crippen LogP contribution in [0.1, 0.15) is 51.2 Å². The lowest BCUT2D eigenvalue weighted by Gasteiger charge is -2.31. The fourth-order valence-electron chi connectivity index (χ4n) is 3.54. The molecule has 0 unspecified atom stereocenters. The van der Waals surface area contributed by atoms with E-state index in [-0.39, 0.29) is 0 Å². The van der Waals surface area contributed by atoms with Gasteiger partial charge in [-0.15, -0.1) is 0 Å². The topological polar surface area (TPSA) is 18.5 Å². The van der Waals surface area contributed by atoms with E-state index in [1.165, 1.54) is 56.6 Å². The normalized spacial score (nSPS) is 14.3. The van der Waals surface area contributed by atoms with Crippen molar-refractivity contribution >= 4 is 5.69 Å². The SMILES string of the molecule is CCCN1CCCc2cc(CNCCCN(CC)CC)ccc21. The first-order valence-electron chi connectivity index (χ1n) is 9.58. The summed E-state index contributed by atoms with van der Waals surface area (Å²) < 4.78 is 0. The molecular weight excluding hydrogens is 282 g/mol. The number of anilines is 1. The summed E-state index contributed by atoms with van der Waals surface area (Å²) in [7, 11) is 0. The minimum atomic E-state index is 0.999. The van der Waals surface area contributed by atoms with E-state index in [1.54, 1.807) is 5.56 Å². The molecule has 0 spiro atoms. The second-order valence-corrected chi connectivity index (χ2v) is 6.61. The monoisotopic (exact) mass is 317 g/mol. The molecule has 3 nitrogen and oxygen atoms in total. The lowest BCUT2D eigenvalue weighted by Crippen LogP contribution is -2.30. The number of nitrogens with one attached hydrogen (secondary N) is 1. The third-order valence-corrected chi connectivity index (χ3v) is 4.90. The van der Waals surface area contributed by atoms with Gasteiger partial charge in [-0.25, -0.2) is 0 Å². The largest absolute Gasteiger partial charge is 0.371 e. The fourth-order valence-corrected chi connectivity index (χ4v) is 3.54. The molecule has 1 aliphatic heterocycles. The number of rotatable bonds is 10. The highest BCUT2D eigenvalue weighted by atomic mass is 15.1. The predicted octanol–water partition coefficient (Wildman–Crippen LogP) is 3.67. The zero-order chi connectivity index (χ0) is 16.5.